The summed E-state index contributed by atoms with van der Waals surface area (Å²) in [5, 5.41) is 7.22. The molecule has 8 nitrogen and oxygen atoms in total. The van der Waals surface area contributed by atoms with E-state index in [-0.39, 0.29) is 18.3 Å². The molecule has 3 aromatic rings. The van der Waals surface area contributed by atoms with Crippen LogP contribution in [0.3, 0.4) is 0 Å². The van der Waals surface area contributed by atoms with Crippen molar-refractivity contribution in [1.82, 2.24) is 25.1 Å². The molecule has 1 aliphatic rings. The van der Waals surface area contributed by atoms with Crippen molar-refractivity contribution >= 4 is 11.9 Å². The number of amides is 1. The molecule has 0 spiro atoms. The molecule has 9 heteroatoms. The van der Waals surface area contributed by atoms with Gasteiger partial charge in [0.1, 0.15) is 11.5 Å². The summed E-state index contributed by atoms with van der Waals surface area (Å²) >= 11 is 0. The quantitative estimate of drug-likeness (QED) is 0.708. The van der Waals surface area contributed by atoms with Crippen LogP contribution in [0.25, 0.3) is 11.3 Å². The van der Waals surface area contributed by atoms with Gasteiger partial charge in [-0.25, -0.2) is 14.4 Å². The molecule has 3 heterocycles. The highest BCUT2D eigenvalue weighted by Gasteiger charge is 2.16. The second-order valence-electron chi connectivity index (χ2n) is 6.68. The van der Waals surface area contributed by atoms with E-state index in [4.69, 9.17) is 4.74 Å². The Labute approximate surface area is 167 Å². The predicted molar refractivity (Wildman–Crippen MR) is 105 cm³/mol. The summed E-state index contributed by atoms with van der Waals surface area (Å²) in [7, 11) is 1.70. The largest absolute Gasteiger partial charge is 0.378 e. The number of carbonyl (C=O) groups is 1. The summed E-state index contributed by atoms with van der Waals surface area (Å²) in [5.41, 5.74) is 2.48. The second-order valence-corrected chi connectivity index (χ2v) is 6.68. The fourth-order valence-corrected chi connectivity index (χ4v) is 3.10. The summed E-state index contributed by atoms with van der Waals surface area (Å²) < 4.78 is 20.0. The number of ether oxygens (including phenoxy) is 1. The van der Waals surface area contributed by atoms with Crippen LogP contribution < -0.4 is 10.2 Å². The summed E-state index contributed by atoms with van der Waals surface area (Å²) in [6.07, 6.45) is 1.69. The Balaban J connectivity index is 1.43. The van der Waals surface area contributed by atoms with Gasteiger partial charge in [-0.05, 0) is 36.4 Å². The average Bonchev–Trinajstić information content (AvgIpc) is 3.15. The van der Waals surface area contributed by atoms with Crippen molar-refractivity contribution in [2.24, 2.45) is 7.05 Å². The van der Waals surface area contributed by atoms with Crippen molar-refractivity contribution in [3.8, 4) is 11.3 Å². The van der Waals surface area contributed by atoms with Crippen LogP contribution >= 0.6 is 0 Å². The summed E-state index contributed by atoms with van der Waals surface area (Å²) in [4.78, 5) is 23.5. The molecule has 1 aromatic carbocycles. The zero-order chi connectivity index (χ0) is 20.2. The number of rotatable bonds is 5. The Morgan fingerprint density at radius 2 is 1.97 bits per heavy atom. The Morgan fingerprint density at radius 1 is 1.21 bits per heavy atom. The van der Waals surface area contributed by atoms with E-state index in [1.165, 1.54) is 16.8 Å². The fraction of sp³-hybridized carbons (Fsp3) is 0.300. The number of nitrogens with one attached hydrogen (secondary N) is 1. The van der Waals surface area contributed by atoms with Gasteiger partial charge in [0.25, 0.3) is 5.91 Å². The Morgan fingerprint density at radius 3 is 2.72 bits per heavy atom. The standard InChI is InChI=1S/C20H21FN6O2/c1-26-18(12-17(25-26)14-2-4-15(21)5-3-14)19(28)23-13-16-6-7-22-20(24-16)27-8-10-29-11-9-27/h2-7,12H,8-11,13H2,1H3,(H,23,28). The predicted octanol–water partition coefficient (Wildman–Crippen LogP) is 1.78. The average molecular weight is 396 g/mol. The Kier molecular flexibility index (Phi) is 5.48. The maximum atomic E-state index is 13.1. The van der Waals surface area contributed by atoms with Crippen LogP contribution in [-0.2, 0) is 18.3 Å². The van der Waals surface area contributed by atoms with Gasteiger partial charge >= 0.3 is 0 Å². The van der Waals surface area contributed by atoms with Gasteiger partial charge in [0.2, 0.25) is 5.95 Å². The van der Waals surface area contributed by atoms with Gasteiger partial charge in [0.15, 0.2) is 0 Å². The van der Waals surface area contributed by atoms with Gasteiger partial charge in [0.05, 0.1) is 31.1 Å². The molecule has 1 saturated heterocycles. The number of morpholine rings is 1. The van der Waals surface area contributed by atoms with Crippen LogP contribution in [0.15, 0.2) is 42.6 Å². The number of carbonyl (C=O) groups excluding carboxylic acids is 1. The van der Waals surface area contributed by atoms with Crippen molar-refractivity contribution in [2.45, 2.75) is 6.54 Å². The molecule has 1 amide bonds. The molecule has 0 bridgehead atoms. The minimum Gasteiger partial charge on any atom is -0.378 e. The number of anilines is 1. The number of hydrogen-bond donors (Lipinski definition) is 1. The van der Waals surface area contributed by atoms with Gasteiger partial charge in [0, 0.05) is 31.9 Å². The van der Waals surface area contributed by atoms with Crippen molar-refractivity contribution in [3.63, 3.8) is 0 Å². The van der Waals surface area contributed by atoms with Crippen molar-refractivity contribution < 1.29 is 13.9 Å². The molecular weight excluding hydrogens is 375 g/mol. The van der Waals surface area contributed by atoms with Crippen LogP contribution in [0, 0.1) is 5.82 Å². The molecule has 2 aromatic heterocycles. The lowest BCUT2D eigenvalue weighted by Gasteiger charge is -2.26. The van der Waals surface area contributed by atoms with E-state index < -0.39 is 0 Å². The molecule has 150 valence electrons. The van der Waals surface area contributed by atoms with Crippen LogP contribution in [-0.4, -0.2) is 52.0 Å². The molecule has 4 rings (SSSR count). The molecule has 0 atom stereocenters. The fourth-order valence-electron chi connectivity index (χ4n) is 3.10. The van der Waals surface area contributed by atoms with Crippen molar-refractivity contribution in [3.05, 3.63) is 59.8 Å². The van der Waals surface area contributed by atoms with E-state index in [0.29, 0.717) is 30.5 Å². The highest BCUT2D eigenvalue weighted by Crippen LogP contribution is 2.19. The van der Waals surface area contributed by atoms with E-state index in [1.54, 1.807) is 37.5 Å². The van der Waals surface area contributed by atoms with Gasteiger partial charge in [-0.3, -0.25) is 9.48 Å². The van der Waals surface area contributed by atoms with E-state index in [1.807, 2.05) is 0 Å². The van der Waals surface area contributed by atoms with Crippen molar-refractivity contribution in [2.75, 3.05) is 31.2 Å². The minimum atomic E-state index is -0.316. The molecule has 0 saturated carbocycles. The third-order valence-electron chi connectivity index (χ3n) is 4.68. The van der Waals surface area contributed by atoms with Gasteiger partial charge in [-0.2, -0.15) is 5.10 Å². The zero-order valence-corrected chi connectivity index (χ0v) is 16.0. The third kappa shape index (κ3) is 4.40. The summed E-state index contributed by atoms with van der Waals surface area (Å²) in [6, 6.07) is 9.45. The van der Waals surface area contributed by atoms with Crippen LogP contribution in [0.4, 0.5) is 10.3 Å². The summed E-state index contributed by atoms with van der Waals surface area (Å²) in [6.45, 7) is 3.08. The first-order valence-corrected chi connectivity index (χ1v) is 9.33. The second kappa shape index (κ2) is 8.36. The van der Waals surface area contributed by atoms with Crippen LogP contribution in [0.1, 0.15) is 16.2 Å². The van der Waals surface area contributed by atoms with E-state index in [2.05, 4.69) is 25.3 Å². The first-order chi connectivity index (χ1) is 14.1. The first kappa shape index (κ1) is 19.0. The molecule has 0 unspecified atom stereocenters. The first-order valence-electron chi connectivity index (χ1n) is 9.33. The maximum Gasteiger partial charge on any atom is 0.269 e. The highest BCUT2D eigenvalue weighted by atomic mass is 19.1. The lowest BCUT2D eigenvalue weighted by molar-refractivity contribution is 0.0941. The molecule has 29 heavy (non-hydrogen) atoms. The smallest absolute Gasteiger partial charge is 0.269 e. The third-order valence-corrected chi connectivity index (χ3v) is 4.68. The van der Waals surface area contributed by atoms with Crippen LogP contribution in [0.5, 0.6) is 0 Å². The van der Waals surface area contributed by atoms with Crippen LogP contribution in [0.2, 0.25) is 0 Å². The molecule has 1 aliphatic heterocycles. The number of aromatic nitrogens is 4. The molecule has 1 N–H and O–H groups in total. The number of aryl methyl sites for hydroxylation is 1. The van der Waals surface area contributed by atoms with E-state index in [9.17, 15) is 9.18 Å². The van der Waals surface area contributed by atoms with Gasteiger partial charge < -0.3 is 15.0 Å². The maximum absolute atomic E-state index is 13.1. The molecule has 0 aliphatic carbocycles. The number of halogens is 1. The lowest BCUT2D eigenvalue weighted by atomic mass is 10.1. The minimum absolute atomic E-state index is 0.264. The monoisotopic (exact) mass is 396 g/mol. The molecule has 0 radical (unpaired) electrons. The normalized spacial score (nSPS) is 14.1. The number of benzene rings is 1. The molecule has 1 fully saturated rings. The van der Waals surface area contributed by atoms with Gasteiger partial charge in [-0.1, -0.05) is 0 Å². The SMILES string of the molecule is Cn1nc(-c2ccc(F)cc2)cc1C(=O)NCc1ccnc(N2CCOCC2)n1. The topological polar surface area (TPSA) is 85.2 Å². The zero-order valence-electron chi connectivity index (χ0n) is 16.0. The van der Waals surface area contributed by atoms with Gasteiger partial charge in [-0.15, -0.1) is 0 Å². The van der Waals surface area contributed by atoms with Crippen molar-refractivity contribution in [1.29, 1.82) is 0 Å². The Bertz CT molecular complexity index is 998. The highest BCUT2D eigenvalue weighted by molar-refractivity contribution is 5.93. The summed E-state index contributed by atoms with van der Waals surface area (Å²) in [5.74, 6) is 0.0584. The molecular formula is C20H21FN6O2. The van der Waals surface area contributed by atoms with E-state index >= 15 is 0 Å². The number of hydrogen-bond acceptors (Lipinski definition) is 6. The lowest BCUT2D eigenvalue weighted by Crippen LogP contribution is -2.37. The van der Waals surface area contributed by atoms with E-state index in [0.717, 1.165) is 24.3 Å². The number of nitrogens with zero attached hydrogens (tertiary/aromatic N) is 5. The Hall–Kier alpha value is -3.33.